The van der Waals surface area contributed by atoms with Crippen LogP contribution in [0.1, 0.15) is 431 Å². The number of quaternary nitrogens is 1. The third-order valence-electron chi connectivity index (χ3n) is 18.4. The number of carbonyl (C=O) groups is 2. The molecule has 0 aromatic carbocycles. The third kappa shape index (κ3) is 73.9. The Balaban J connectivity index is 3.89. The van der Waals surface area contributed by atoms with Gasteiger partial charge in [0.15, 0.2) is 6.10 Å². The van der Waals surface area contributed by atoms with Gasteiger partial charge in [-0.1, -0.05) is 406 Å². The van der Waals surface area contributed by atoms with Gasteiger partial charge in [0.25, 0.3) is 0 Å². The Labute approximate surface area is 544 Å². The molecule has 0 radical (unpaired) electrons. The van der Waals surface area contributed by atoms with E-state index in [0.29, 0.717) is 17.4 Å². The van der Waals surface area contributed by atoms with E-state index < -0.39 is 26.5 Å². The fourth-order valence-electron chi connectivity index (χ4n) is 12.4. The second-order valence-electron chi connectivity index (χ2n) is 28.5. The number of rotatable bonds is 75. The second kappa shape index (κ2) is 69.4. The molecule has 0 amide bonds. The van der Waals surface area contributed by atoms with Crippen LogP contribution in [0.4, 0.5) is 0 Å². The maximum Gasteiger partial charge on any atom is 0.472 e. The number of ether oxygens (including phenoxy) is 2. The van der Waals surface area contributed by atoms with E-state index in [2.05, 4.69) is 13.8 Å². The smallest absolute Gasteiger partial charge is 0.462 e. The van der Waals surface area contributed by atoms with Crippen LogP contribution in [0.15, 0.2) is 0 Å². The van der Waals surface area contributed by atoms with Gasteiger partial charge < -0.3 is 18.9 Å². The van der Waals surface area contributed by atoms with Gasteiger partial charge in [0.2, 0.25) is 0 Å². The molecule has 0 aliphatic rings. The van der Waals surface area contributed by atoms with E-state index in [-0.39, 0.29) is 25.6 Å². The molecule has 2 atom stereocenters. The van der Waals surface area contributed by atoms with Gasteiger partial charge in [-0.15, -0.1) is 0 Å². The molecule has 10 heteroatoms. The number of likely N-dealkylation sites (N-methyl/N-ethyl adjacent to an activating group) is 1. The Morgan fingerprint density at radius 2 is 0.517 bits per heavy atom. The number of phosphoric ester groups is 1. The van der Waals surface area contributed by atoms with Crippen molar-refractivity contribution in [3.63, 3.8) is 0 Å². The van der Waals surface area contributed by atoms with Crippen LogP contribution in [0.5, 0.6) is 0 Å². The summed E-state index contributed by atoms with van der Waals surface area (Å²) in [6.45, 7) is 4.54. The van der Waals surface area contributed by atoms with Crippen molar-refractivity contribution >= 4 is 19.8 Å². The average Bonchev–Trinajstić information content (AvgIpc) is 3.67. The summed E-state index contributed by atoms with van der Waals surface area (Å²) in [5.41, 5.74) is 0. The zero-order chi connectivity index (χ0) is 63.4. The Morgan fingerprint density at radius 1 is 0.310 bits per heavy atom. The van der Waals surface area contributed by atoms with Gasteiger partial charge in [0, 0.05) is 12.8 Å². The second-order valence-corrected chi connectivity index (χ2v) is 29.9. The Bertz CT molecular complexity index is 1420. The largest absolute Gasteiger partial charge is 0.472 e. The van der Waals surface area contributed by atoms with Crippen molar-refractivity contribution in [1.29, 1.82) is 0 Å². The van der Waals surface area contributed by atoms with E-state index in [9.17, 15) is 19.0 Å². The maximum absolute atomic E-state index is 12.9. The van der Waals surface area contributed by atoms with Crippen molar-refractivity contribution in [3.05, 3.63) is 0 Å². The van der Waals surface area contributed by atoms with Crippen molar-refractivity contribution in [3.8, 4) is 0 Å². The van der Waals surface area contributed by atoms with Crippen molar-refractivity contribution in [1.82, 2.24) is 0 Å². The minimum atomic E-state index is -4.39. The highest BCUT2D eigenvalue weighted by Gasteiger charge is 2.27. The lowest BCUT2D eigenvalue weighted by atomic mass is 10.0. The quantitative estimate of drug-likeness (QED) is 0.0278. The number of hydrogen-bond acceptors (Lipinski definition) is 7. The van der Waals surface area contributed by atoms with Crippen LogP contribution >= 0.6 is 7.82 Å². The first-order valence-corrected chi connectivity index (χ1v) is 40.8. The number of carbonyl (C=O) groups excluding carboxylic acids is 2. The lowest BCUT2D eigenvalue weighted by Gasteiger charge is -2.24. The Morgan fingerprint density at radius 3 is 0.736 bits per heavy atom. The minimum absolute atomic E-state index is 0.0378. The zero-order valence-electron chi connectivity index (χ0n) is 59.6. The van der Waals surface area contributed by atoms with Gasteiger partial charge in [-0.2, -0.15) is 0 Å². The summed E-state index contributed by atoms with van der Waals surface area (Å²) in [5.74, 6) is -0.765. The molecule has 1 N–H and O–H groups in total. The zero-order valence-corrected chi connectivity index (χ0v) is 60.5. The lowest BCUT2D eigenvalue weighted by Crippen LogP contribution is -2.37. The minimum Gasteiger partial charge on any atom is -0.462 e. The highest BCUT2D eigenvalue weighted by Crippen LogP contribution is 2.43. The Hall–Kier alpha value is -0.990. The monoisotopic (exact) mass is 1250 g/mol. The molecule has 0 aromatic heterocycles. The SMILES string of the molecule is CCCCCCCCCCCCCCCCCCCCCCCCCCCCCCCCCCCCCC(=O)OC(COC(=O)CCCCCCCCCCCCCCCCCCCCCCCCCCCCCC)COP(=O)(O)OCC[N+](C)(C)C. The first kappa shape index (κ1) is 86.0. The third-order valence-corrected chi connectivity index (χ3v) is 19.4. The molecule has 87 heavy (non-hydrogen) atoms. The molecule has 0 aromatic rings. The van der Waals surface area contributed by atoms with Gasteiger partial charge in [-0.25, -0.2) is 4.57 Å². The molecule has 520 valence electrons. The molecule has 9 nitrogen and oxygen atoms in total. The molecule has 0 saturated heterocycles. The molecule has 0 fully saturated rings. The molecule has 2 unspecified atom stereocenters. The van der Waals surface area contributed by atoms with Gasteiger partial charge in [-0.05, 0) is 12.8 Å². The van der Waals surface area contributed by atoms with Crippen molar-refractivity contribution in [2.24, 2.45) is 0 Å². The first-order valence-electron chi connectivity index (χ1n) is 39.3. The molecule has 0 spiro atoms. The van der Waals surface area contributed by atoms with Gasteiger partial charge in [0.1, 0.15) is 19.8 Å². The van der Waals surface area contributed by atoms with Gasteiger partial charge in [0.05, 0.1) is 27.7 Å². The molecule has 0 saturated carbocycles. The molecule has 0 bridgehead atoms. The van der Waals surface area contributed by atoms with E-state index in [4.69, 9.17) is 18.5 Å². The standard InChI is InChI=1S/C77H154NO8P/c1-6-8-10-12-14-16-18-20-22-24-26-28-30-32-34-36-37-38-39-40-41-42-44-46-48-50-52-54-56-58-60-62-64-66-68-70-77(80)86-75(74-85-87(81,82)84-72-71-78(3,4)5)73-83-76(79)69-67-65-63-61-59-57-55-53-51-49-47-45-43-35-33-31-29-27-25-23-21-19-17-15-13-11-9-7-2/h75H,6-74H2,1-5H3/p+1. The Kier molecular flexibility index (Phi) is 68.6. The van der Waals surface area contributed by atoms with Crippen LogP contribution in [-0.4, -0.2) is 74.9 Å². The lowest BCUT2D eigenvalue weighted by molar-refractivity contribution is -0.870. The summed E-state index contributed by atoms with van der Waals surface area (Å²) in [6.07, 6.45) is 85.4. The summed E-state index contributed by atoms with van der Waals surface area (Å²) in [4.78, 5) is 35.9. The number of hydrogen-bond donors (Lipinski definition) is 1. The number of nitrogens with zero attached hydrogens (tertiary/aromatic N) is 1. The van der Waals surface area contributed by atoms with E-state index in [0.717, 1.165) is 38.5 Å². The van der Waals surface area contributed by atoms with Crippen LogP contribution in [0, 0.1) is 0 Å². The van der Waals surface area contributed by atoms with Gasteiger partial charge in [-0.3, -0.25) is 18.6 Å². The maximum atomic E-state index is 12.9. The summed E-state index contributed by atoms with van der Waals surface area (Å²) in [6, 6.07) is 0. The van der Waals surface area contributed by atoms with E-state index >= 15 is 0 Å². The van der Waals surface area contributed by atoms with Crippen molar-refractivity contribution < 1.29 is 42.1 Å². The summed E-state index contributed by atoms with van der Waals surface area (Å²) < 4.78 is 34.8. The fourth-order valence-corrected chi connectivity index (χ4v) is 13.1. The van der Waals surface area contributed by atoms with Crippen LogP contribution in [-0.2, 0) is 32.7 Å². The number of phosphoric acid groups is 1. The molecule has 0 heterocycles. The number of unbranched alkanes of at least 4 members (excludes halogenated alkanes) is 61. The predicted octanol–water partition coefficient (Wildman–Crippen LogP) is 25.7. The average molecular weight is 1250 g/mol. The van der Waals surface area contributed by atoms with Crippen LogP contribution < -0.4 is 0 Å². The van der Waals surface area contributed by atoms with E-state index in [1.807, 2.05) is 21.1 Å². The van der Waals surface area contributed by atoms with E-state index in [1.165, 1.54) is 366 Å². The van der Waals surface area contributed by atoms with Crippen LogP contribution in [0.25, 0.3) is 0 Å². The van der Waals surface area contributed by atoms with Gasteiger partial charge >= 0.3 is 19.8 Å². The van der Waals surface area contributed by atoms with Crippen LogP contribution in [0.3, 0.4) is 0 Å². The molecule has 0 rings (SSSR count). The summed E-state index contributed by atoms with van der Waals surface area (Å²) in [5, 5.41) is 0. The first-order chi connectivity index (χ1) is 42.5. The molecular weight excluding hydrogens is 1100 g/mol. The predicted molar refractivity (Wildman–Crippen MR) is 377 cm³/mol. The topological polar surface area (TPSA) is 108 Å². The van der Waals surface area contributed by atoms with Crippen LogP contribution in [0.2, 0.25) is 0 Å². The number of esters is 2. The fraction of sp³-hybridized carbons (Fsp3) is 0.974. The normalized spacial score (nSPS) is 12.9. The molecule has 0 aliphatic carbocycles. The molecular formula is C77H155NO8P+. The summed E-state index contributed by atoms with van der Waals surface area (Å²) in [7, 11) is 1.51. The highest BCUT2D eigenvalue weighted by molar-refractivity contribution is 7.47. The summed E-state index contributed by atoms with van der Waals surface area (Å²) >= 11 is 0. The van der Waals surface area contributed by atoms with Crippen molar-refractivity contribution in [2.45, 2.75) is 437 Å². The van der Waals surface area contributed by atoms with E-state index in [1.54, 1.807) is 0 Å². The highest BCUT2D eigenvalue weighted by atomic mass is 31.2. The van der Waals surface area contributed by atoms with Crippen molar-refractivity contribution in [2.75, 3.05) is 47.5 Å². The molecule has 0 aliphatic heterocycles.